The average Bonchev–Trinajstić information content (AvgIpc) is 2.57. The Balaban J connectivity index is 3.21. The summed E-state index contributed by atoms with van der Waals surface area (Å²) in [7, 11) is 0. The molecular weight excluding hydrogens is 470 g/mol. The number of piperazine rings is 1. The molecule has 1 fully saturated rings. The Kier molecular flexibility index (Phi) is 6.54. The van der Waals surface area contributed by atoms with Gasteiger partial charge in [0.2, 0.25) is 0 Å². The molecule has 0 bridgehead atoms. The number of hydrogen-bond acceptors (Lipinski definition) is 4. The zero-order chi connectivity index (χ0) is 24.1. The Morgan fingerprint density at radius 1 is 0.500 bits per heavy atom. The van der Waals surface area contributed by atoms with Gasteiger partial charge in [-0.15, -0.1) is 0 Å². The van der Waals surface area contributed by atoms with Crippen LogP contribution in [0.15, 0.2) is 0 Å². The van der Waals surface area contributed by atoms with Gasteiger partial charge in [0.15, 0.2) is 0 Å². The van der Waals surface area contributed by atoms with Crippen molar-refractivity contribution in [1.82, 2.24) is 9.80 Å². The minimum atomic E-state index is -6.84. The van der Waals surface area contributed by atoms with Crippen LogP contribution < -0.4 is 0 Å². The van der Waals surface area contributed by atoms with E-state index in [1.165, 1.54) is 0 Å². The fourth-order valence-corrected chi connectivity index (χ4v) is 2.50. The molecule has 2 unspecified atom stereocenters. The van der Waals surface area contributed by atoms with Crippen LogP contribution >= 0.6 is 0 Å². The predicted molar refractivity (Wildman–Crippen MR) is 65.1 cm³/mol. The van der Waals surface area contributed by atoms with Crippen LogP contribution in [-0.2, 0) is 9.59 Å². The van der Waals surface area contributed by atoms with E-state index in [4.69, 9.17) is 0 Å². The second-order valence-corrected chi connectivity index (χ2v) is 5.92. The Labute approximate surface area is 156 Å². The SMILES string of the molecule is O=C(F)C(F)(C(F)(F)F)C(F)(F)N1CCN(C(F)(F)C(F)(C(=O)F)C(F)(F)F)CC1. The van der Waals surface area contributed by atoms with E-state index in [2.05, 4.69) is 0 Å². The summed E-state index contributed by atoms with van der Waals surface area (Å²) in [5, 5.41) is 0. The fourth-order valence-electron chi connectivity index (χ4n) is 2.50. The minimum Gasteiger partial charge on any atom is -0.257 e. The van der Waals surface area contributed by atoms with E-state index in [0.717, 1.165) is 0 Å². The normalized spacial score (nSPS) is 22.3. The van der Waals surface area contributed by atoms with Crippen molar-refractivity contribution in [3.63, 3.8) is 0 Å². The Hall–Kier alpha value is -1.72. The van der Waals surface area contributed by atoms with E-state index >= 15 is 0 Å². The molecule has 1 aliphatic heterocycles. The number of halogens is 14. The molecule has 0 spiro atoms. The fraction of sp³-hybridized carbons (Fsp3) is 0.833. The van der Waals surface area contributed by atoms with E-state index < -0.39 is 83.8 Å². The van der Waals surface area contributed by atoms with E-state index in [1.54, 1.807) is 0 Å². The summed E-state index contributed by atoms with van der Waals surface area (Å²) in [6.45, 7) is -7.59. The molecule has 0 aromatic rings. The maximum Gasteiger partial charge on any atom is 0.440 e. The molecule has 0 amide bonds. The first-order chi connectivity index (χ1) is 13.1. The van der Waals surface area contributed by atoms with Gasteiger partial charge < -0.3 is 0 Å². The highest BCUT2D eigenvalue weighted by Crippen LogP contribution is 2.50. The van der Waals surface area contributed by atoms with Gasteiger partial charge in [0, 0.05) is 26.2 Å². The van der Waals surface area contributed by atoms with Gasteiger partial charge >= 0.3 is 47.9 Å². The Morgan fingerprint density at radius 3 is 0.833 bits per heavy atom. The maximum absolute atomic E-state index is 13.9. The zero-order valence-electron chi connectivity index (χ0n) is 13.8. The second-order valence-electron chi connectivity index (χ2n) is 5.92. The molecule has 1 rings (SSSR count). The highest BCUT2D eigenvalue weighted by molar-refractivity contribution is 5.81. The van der Waals surface area contributed by atoms with Crippen LogP contribution in [0.2, 0.25) is 0 Å². The van der Waals surface area contributed by atoms with Crippen LogP contribution in [0.5, 0.6) is 0 Å². The summed E-state index contributed by atoms with van der Waals surface area (Å²) in [6.07, 6.45) is -13.7. The van der Waals surface area contributed by atoms with Crippen molar-refractivity contribution in [2.24, 2.45) is 0 Å². The van der Waals surface area contributed by atoms with Crippen LogP contribution in [0.4, 0.5) is 61.5 Å². The molecule has 0 saturated carbocycles. The lowest BCUT2D eigenvalue weighted by molar-refractivity contribution is -0.349. The lowest BCUT2D eigenvalue weighted by Gasteiger charge is -2.46. The van der Waals surface area contributed by atoms with Crippen molar-refractivity contribution < 1.29 is 71.1 Å². The van der Waals surface area contributed by atoms with Gasteiger partial charge in [0.1, 0.15) is 0 Å². The molecule has 1 heterocycles. The summed E-state index contributed by atoms with van der Waals surface area (Å²) < 4.78 is 183. The molecule has 2 atom stereocenters. The molecule has 18 heteroatoms. The monoisotopic (exact) mass is 478 g/mol. The van der Waals surface area contributed by atoms with Crippen LogP contribution in [0.25, 0.3) is 0 Å². The highest BCUT2D eigenvalue weighted by Gasteiger charge is 2.80. The van der Waals surface area contributed by atoms with Crippen molar-refractivity contribution in [2.75, 3.05) is 26.2 Å². The van der Waals surface area contributed by atoms with Crippen molar-refractivity contribution in [2.45, 2.75) is 35.8 Å². The van der Waals surface area contributed by atoms with Crippen LogP contribution in [0, 0.1) is 0 Å². The third-order valence-corrected chi connectivity index (χ3v) is 4.23. The molecule has 1 saturated heterocycles. The first-order valence-electron chi connectivity index (χ1n) is 7.27. The average molecular weight is 478 g/mol. The van der Waals surface area contributed by atoms with E-state index in [1.807, 2.05) is 0 Å². The molecular formula is C12H8F14N2O2. The maximum atomic E-state index is 13.9. The Bertz CT molecular complexity index is 625. The molecule has 0 N–H and O–H groups in total. The summed E-state index contributed by atoms with van der Waals surface area (Å²) in [5.41, 5.74) is -12.9. The van der Waals surface area contributed by atoms with E-state index in [0.29, 0.717) is 0 Å². The summed E-state index contributed by atoms with van der Waals surface area (Å²) in [4.78, 5) is 18.6. The topological polar surface area (TPSA) is 40.6 Å². The molecule has 30 heavy (non-hydrogen) atoms. The first-order valence-corrected chi connectivity index (χ1v) is 7.27. The zero-order valence-corrected chi connectivity index (χ0v) is 13.8. The van der Waals surface area contributed by atoms with Gasteiger partial charge in [-0.25, -0.2) is 18.6 Å². The number of rotatable bonds is 6. The second kappa shape index (κ2) is 7.45. The van der Waals surface area contributed by atoms with Gasteiger partial charge in [-0.2, -0.15) is 52.7 Å². The van der Waals surface area contributed by atoms with Crippen molar-refractivity contribution in [1.29, 1.82) is 0 Å². The third kappa shape index (κ3) is 3.60. The van der Waals surface area contributed by atoms with E-state index in [-0.39, 0.29) is 0 Å². The molecule has 0 aromatic heterocycles. The molecule has 176 valence electrons. The summed E-state index contributed by atoms with van der Waals surface area (Å²) in [5.74, 6) is 0. The minimum absolute atomic E-state index is 1.00. The summed E-state index contributed by atoms with van der Waals surface area (Å²) >= 11 is 0. The molecule has 0 aromatic carbocycles. The van der Waals surface area contributed by atoms with Crippen molar-refractivity contribution in [3.8, 4) is 0 Å². The number of alkyl halides is 12. The standard InChI is InChI=1S/C12H8F14N2O2/c13-5(29)7(15,9(17,18)19)11(23,24)27-1-2-28(4-3-27)12(25,26)8(16,6(14)30)10(20,21)22/h1-4H2. The van der Waals surface area contributed by atoms with Gasteiger partial charge in [-0.3, -0.25) is 9.59 Å². The van der Waals surface area contributed by atoms with Gasteiger partial charge in [-0.05, 0) is 0 Å². The molecule has 0 aliphatic carbocycles. The molecule has 0 radical (unpaired) electrons. The number of carbonyl (C=O) groups is 2. The predicted octanol–water partition coefficient (Wildman–Crippen LogP) is 3.32. The Morgan fingerprint density at radius 2 is 0.700 bits per heavy atom. The number of carbonyl (C=O) groups excluding carboxylic acids is 2. The third-order valence-electron chi connectivity index (χ3n) is 4.23. The molecule has 1 aliphatic rings. The number of hydrogen-bond donors (Lipinski definition) is 0. The van der Waals surface area contributed by atoms with Gasteiger partial charge in [0.25, 0.3) is 0 Å². The summed E-state index contributed by atoms with van der Waals surface area (Å²) in [6, 6.07) is -20.5. The van der Waals surface area contributed by atoms with Crippen LogP contribution in [0.1, 0.15) is 0 Å². The van der Waals surface area contributed by atoms with Gasteiger partial charge in [-0.1, -0.05) is 0 Å². The highest BCUT2D eigenvalue weighted by atomic mass is 19.4. The van der Waals surface area contributed by atoms with Crippen LogP contribution in [-0.4, -0.2) is 83.8 Å². The van der Waals surface area contributed by atoms with Crippen molar-refractivity contribution >= 4 is 12.1 Å². The smallest absolute Gasteiger partial charge is 0.257 e. The van der Waals surface area contributed by atoms with E-state index in [9.17, 15) is 71.1 Å². The lowest BCUT2D eigenvalue weighted by atomic mass is 9.99. The first kappa shape index (κ1) is 26.3. The largest absolute Gasteiger partial charge is 0.440 e. The van der Waals surface area contributed by atoms with Crippen LogP contribution in [0.3, 0.4) is 0 Å². The van der Waals surface area contributed by atoms with Crippen molar-refractivity contribution in [3.05, 3.63) is 0 Å². The molecule has 4 nitrogen and oxygen atoms in total. The van der Waals surface area contributed by atoms with Gasteiger partial charge in [0.05, 0.1) is 0 Å². The number of nitrogens with zero attached hydrogens (tertiary/aromatic N) is 2. The lowest BCUT2D eigenvalue weighted by Crippen LogP contribution is -2.72. The quantitative estimate of drug-likeness (QED) is 0.334.